The van der Waals surface area contributed by atoms with Crippen molar-refractivity contribution in [2.75, 3.05) is 20.3 Å². The average Bonchev–Trinajstić information content (AvgIpc) is 2.13. The van der Waals surface area contributed by atoms with Gasteiger partial charge in [-0.2, -0.15) is 0 Å². The van der Waals surface area contributed by atoms with Crippen LogP contribution in [0, 0.1) is 5.92 Å². The van der Waals surface area contributed by atoms with E-state index in [1.165, 1.54) is 0 Å². The number of rotatable bonds is 5. The molecule has 3 nitrogen and oxygen atoms in total. The van der Waals surface area contributed by atoms with Crippen LogP contribution in [0.25, 0.3) is 0 Å². The summed E-state index contributed by atoms with van der Waals surface area (Å²) in [5, 5.41) is 0. The molecule has 0 heterocycles. The summed E-state index contributed by atoms with van der Waals surface area (Å²) in [5.74, 6) is 0.0626. The average molecular weight is 200 g/mol. The maximum absolute atomic E-state index is 11.4. The highest BCUT2D eigenvalue weighted by Crippen LogP contribution is 2.16. The lowest BCUT2D eigenvalue weighted by Crippen LogP contribution is -2.13. The summed E-state index contributed by atoms with van der Waals surface area (Å²) in [6, 6.07) is 0. The maximum Gasteiger partial charge on any atom is 0.333 e. The molecule has 0 fully saturated rings. The molecule has 0 rings (SSSR count). The summed E-state index contributed by atoms with van der Waals surface area (Å²) in [6.07, 6.45) is 0. The van der Waals surface area contributed by atoms with E-state index in [1.54, 1.807) is 21.0 Å². The van der Waals surface area contributed by atoms with Gasteiger partial charge in [-0.05, 0) is 25.3 Å². The zero-order valence-electron chi connectivity index (χ0n) is 9.72. The highest BCUT2D eigenvalue weighted by atomic mass is 16.5. The molecule has 82 valence electrons. The molecule has 0 aliphatic heterocycles. The lowest BCUT2D eigenvalue weighted by Gasteiger charge is -2.14. The minimum Gasteiger partial charge on any atom is -0.463 e. The second-order valence-electron chi connectivity index (χ2n) is 3.46. The van der Waals surface area contributed by atoms with Crippen LogP contribution in [-0.4, -0.2) is 26.3 Å². The smallest absolute Gasteiger partial charge is 0.333 e. The molecule has 0 bridgehead atoms. The SMILES string of the molecule is CCOC(=O)C(C)=C(COC)C(C)C. The Morgan fingerprint density at radius 1 is 1.36 bits per heavy atom. The van der Waals surface area contributed by atoms with E-state index < -0.39 is 0 Å². The fourth-order valence-electron chi connectivity index (χ4n) is 1.23. The molecular weight excluding hydrogens is 180 g/mol. The molecule has 0 aromatic heterocycles. The van der Waals surface area contributed by atoms with E-state index in [2.05, 4.69) is 0 Å². The summed E-state index contributed by atoms with van der Waals surface area (Å²) in [6.45, 7) is 8.56. The van der Waals surface area contributed by atoms with Gasteiger partial charge in [0.2, 0.25) is 0 Å². The minimum absolute atomic E-state index is 0.242. The molecule has 0 aliphatic rings. The van der Waals surface area contributed by atoms with Gasteiger partial charge in [0.15, 0.2) is 0 Å². The van der Waals surface area contributed by atoms with Crippen LogP contribution in [0.5, 0.6) is 0 Å². The first-order valence-electron chi connectivity index (χ1n) is 4.90. The van der Waals surface area contributed by atoms with Crippen LogP contribution in [-0.2, 0) is 14.3 Å². The first-order chi connectivity index (χ1) is 6.54. The Hall–Kier alpha value is -0.830. The molecule has 0 aromatic rings. The standard InChI is InChI=1S/C11H20O3/c1-6-14-11(12)9(4)10(7-13-5)8(2)3/h8H,6-7H2,1-5H3. The lowest BCUT2D eigenvalue weighted by molar-refractivity contribution is -0.138. The van der Waals surface area contributed by atoms with Crippen LogP contribution in [0.15, 0.2) is 11.1 Å². The first kappa shape index (κ1) is 13.2. The Balaban J connectivity index is 4.70. The van der Waals surface area contributed by atoms with E-state index in [9.17, 15) is 4.79 Å². The molecule has 3 heteroatoms. The molecule has 0 atom stereocenters. The summed E-state index contributed by atoms with van der Waals surface area (Å²) >= 11 is 0. The number of carbonyl (C=O) groups is 1. The van der Waals surface area contributed by atoms with Crippen molar-refractivity contribution in [1.82, 2.24) is 0 Å². The van der Waals surface area contributed by atoms with E-state index in [4.69, 9.17) is 9.47 Å². The lowest BCUT2D eigenvalue weighted by atomic mass is 9.99. The largest absolute Gasteiger partial charge is 0.463 e. The molecule has 0 N–H and O–H groups in total. The molecular formula is C11H20O3. The third-order valence-electron chi connectivity index (χ3n) is 2.06. The van der Waals surface area contributed by atoms with Crippen molar-refractivity contribution < 1.29 is 14.3 Å². The van der Waals surface area contributed by atoms with Crippen LogP contribution in [0.3, 0.4) is 0 Å². The number of carbonyl (C=O) groups excluding carboxylic acids is 1. The van der Waals surface area contributed by atoms with Gasteiger partial charge in [-0.3, -0.25) is 0 Å². The second-order valence-corrected chi connectivity index (χ2v) is 3.46. The van der Waals surface area contributed by atoms with E-state index in [0.717, 1.165) is 5.57 Å². The maximum atomic E-state index is 11.4. The zero-order chi connectivity index (χ0) is 11.1. The Labute approximate surface area is 86.1 Å². The number of ether oxygens (including phenoxy) is 2. The Morgan fingerprint density at radius 2 is 1.93 bits per heavy atom. The van der Waals surface area contributed by atoms with Crippen molar-refractivity contribution in [2.24, 2.45) is 5.92 Å². The van der Waals surface area contributed by atoms with Gasteiger partial charge in [-0.25, -0.2) is 4.79 Å². The van der Waals surface area contributed by atoms with Crippen LogP contribution >= 0.6 is 0 Å². The summed E-state index contributed by atoms with van der Waals surface area (Å²) in [7, 11) is 1.63. The zero-order valence-corrected chi connectivity index (χ0v) is 9.72. The van der Waals surface area contributed by atoms with Crippen molar-refractivity contribution in [3.63, 3.8) is 0 Å². The molecule has 0 spiro atoms. The minimum atomic E-state index is -0.242. The van der Waals surface area contributed by atoms with Gasteiger partial charge in [0, 0.05) is 12.7 Å². The molecule has 0 saturated heterocycles. The van der Waals surface area contributed by atoms with E-state index in [-0.39, 0.29) is 5.97 Å². The molecule has 0 saturated carbocycles. The quantitative estimate of drug-likeness (QED) is 0.504. The van der Waals surface area contributed by atoms with Crippen molar-refractivity contribution in [1.29, 1.82) is 0 Å². The summed E-state index contributed by atoms with van der Waals surface area (Å²) < 4.78 is 9.98. The Kier molecular flexibility index (Phi) is 6.21. The molecule has 0 aliphatic carbocycles. The fourth-order valence-corrected chi connectivity index (χ4v) is 1.23. The van der Waals surface area contributed by atoms with Gasteiger partial charge >= 0.3 is 5.97 Å². The Bertz CT molecular complexity index is 217. The predicted octanol–water partition coefficient (Wildman–Crippen LogP) is 2.17. The molecule has 0 aromatic carbocycles. The predicted molar refractivity (Wildman–Crippen MR) is 56.0 cm³/mol. The first-order valence-corrected chi connectivity index (χ1v) is 4.90. The monoisotopic (exact) mass is 200 g/mol. The molecule has 0 unspecified atom stereocenters. The number of hydrogen-bond acceptors (Lipinski definition) is 3. The Morgan fingerprint density at radius 3 is 2.29 bits per heavy atom. The van der Waals surface area contributed by atoms with E-state index >= 15 is 0 Å². The van der Waals surface area contributed by atoms with E-state index in [0.29, 0.717) is 24.7 Å². The fraction of sp³-hybridized carbons (Fsp3) is 0.727. The number of esters is 1. The van der Waals surface area contributed by atoms with Gasteiger partial charge in [0.25, 0.3) is 0 Å². The topological polar surface area (TPSA) is 35.5 Å². The van der Waals surface area contributed by atoms with Crippen molar-refractivity contribution in [2.45, 2.75) is 27.7 Å². The van der Waals surface area contributed by atoms with Gasteiger partial charge in [0.05, 0.1) is 13.2 Å². The van der Waals surface area contributed by atoms with Crippen LogP contribution in [0.2, 0.25) is 0 Å². The summed E-state index contributed by atoms with van der Waals surface area (Å²) in [5.41, 5.74) is 1.68. The molecule has 14 heavy (non-hydrogen) atoms. The second kappa shape index (κ2) is 6.60. The van der Waals surface area contributed by atoms with Gasteiger partial charge in [-0.15, -0.1) is 0 Å². The molecule has 0 amide bonds. The van der Waals surface area contributed by atoms with Gasteiger partial charge in [-0.1, -0.05) is 13.8 Å². The number of methoxy groups -OCH3 is 1. The van der Waals surface area contributed by atoms with Crippen LogP contribution in [0.1, 0.15) is 27.7 Å². The highest BCUT2D eigenvalue weighted by molar-refractivity contribution is 5.88. The van der Waals surface area contributed by atoms with Crippen molar-refractivity contribution in [3.05, 3.63) is 11.1 Å². The van der Waals surface area contributed by atoms with E-state index in [1.807, 2.05) is 13.8 Å². The van der Waals surface area contributed by atoms with Crippen LogP contribution in [0.4, 0.5) is 0 Å². The van der Waals surface area contributed by atoms with Crippen LogP contribution < -0.4 is 0 Å². The number of hydrogen-bond donors (Lipinski definition) is 0. The third kappa shape index (κ3) is 3.92. The van der Waals surface area contributed by atoms with Crippen molar-refractivity contribution >= 4 is 5.97 Å². The van der Waals surface area contributed by atoms with Gasteiger partial charge < -0.3 is 9.47 Å². The molecule has 0 radical (unpaired) electrons. The third-order valence-corrected chi connectivity index (χ3v) is 2.06. The van der Waals surface area contributed by atoms with Gasteiger partial charge in [0.1, 0.15) is 0 Å². The summed E-state index contributed by atoms with van der Waals surface area (Å²) in [4.78, 5) is 11.4. The van der Waals surface area contributed by atoms with Crippen molar-refractivity contribution in [3.8, 4) is 0 Å². The highest BCUT2D eigenvalue weighted by Gasteiger charge is 2.14. The normalized spacial score (nSPS) is 12.7.